The van der Waals surface area contributed by atoms with Crippen LogP contribution in [0.1, 0.15) is 0 Å². The van der Waals surface area contributed by atoms with Gasteiger partial charge < -0.3 is 20.7 Å². The van der Waals surface area contributed by atoms with Gasteiger partial charge in [0, 0.05) is 44.0 Å². The number of piperazine rings is 1. The number of pyridine rings is 1. The highest BCUT2D eigenvalue weighted by atomic mass is 16.5. The molecule has 0 aromatic carbocycles. The third-order valence-electron chi connectivity index (χ3n) is 2.92. The van der Waals surface area contributed by atoms with Crippen LogP contribution in [0, 0.1) is 5.41 Å². The van der Waals surface area contributed by atoms with Crippen LogP contribution in [-0.4, -0.2) is 48.1 Å². The summed E-state index contributed by atoms with van der Waals surface area (Å²) >= 11 is 0. The zero-order chi connectivity index (χ0) is 11.7. The Bertz CT molecular complexity index is 433. The van der Waals surface area contributed by atoms with Gasteiger partial charge in [0.15, 0.2) is 5.49 Å². The molecule has 6 nitrogen and oxygen atoms in total. The second-order valence-electron chi connectivity index (χ2n) is 4.13. The van der Waals surface area contributed by atoms with Gasteiger partial charge in [-0.3, -0.25) is 5.41 Å². The fraction of sp³-hybridized carbons (Fsp3) is 0.500. The molecule has 0 atom stereocenters. The summed E-state index contributed by atoms with van der Waals surface area (Å²) in [7, 11) is 2.09. The number of anilines is 2. The molecule has 6 heteroatoms. The van der Waals surface area contributed by atoms with Crippen LogP contribution in [0.4, 0.5) is 11.5 Å². The molecular formula is C10H17N5O. The Morgan fingerprint density at radius 1 is 1.25 bits per heavy atom. The second-order valence-corrected chi connectivity index (χ2v) is 4.13. The molecule has 0 bridgehead atoms. The first-order valence-electron chi connectivity index (χ1n) is 5.28. The number of nitrogen functional groups attached to an aromatic ring is 1. The Balaban J connectivity index is 2.24. The number of rotatable bonds is 1. The van der Waals surface area contributed by atoms with Gasteiger partial charge in [0.25, 0.3) is 0 Å². The van der Waals surface area contributed by atoms with E-state index in [0.717, 1.165) is 31.9 Å². The summed E-state index contributed by atoms with van der Waals surface area (Å²) in [6, 6.07) is 3.32. The van der Waals surface area contributed by atoms with Crippen LogP contribution in [0.5, 0.6) is 0 Å². The number of hydrogen-bond donors (Lipinski definition) is 3. The monoisotopic (exact) mass is 223 g/mol. The van der Waals surface area contributed by atoms with Crippen molar-refractivity contribution in [2.45, 2.75) is 0 Å². The highest BCUT2D eigenvalue weighted by Crippen LogP contribution is 2.16. The van der Waals surface area contributed by atoms with Crippen LogP contribution < -0.4 is 16.1 Å². The molecule has 2 heterocycles. The first-order chi connectivity index (χ1) is 7.58. The van der Waals surface area contributed by atoms with Gasteiger partial charge in [0.2, 0.25) is 0 Å². The molecule has 1 aromatic rings. The topological polar surface area (TPSA) is 81.5 Å². The van der Waals surface area contributed by atoms with Crippen LogP contribution in [0.15, 0.2) is 12.1 Å². The summed E-state index contributed by atoms with van der Waals surface area (Å²) in [6.45, 7) is 3.85. The van der Waals surface area contributed by atoms with E-state index in [0.29, 0.717) is 4.73 Å². The van der Waals surface area contributed by atoms with Gasteiger partial charge in [-0.25, -0.2) is 0 Å². The summed E-state index contributed by atoms with van der Waals surface area (Å²) in [5, 5.41) is 16.9. The number of likely N-dealkylation sites (N-methyl/N-ethyl adjacent to an activating group) is 1. The normalized spacial score (nSPS) is 17.7. The van der Waals surface area contributed by atoms with E-state index in [4.69, 9.17) is 11.1 Å². The zero-order valence-corrected chi connectivity index (χ0v) is 9.35. The molecule has 0 spiro atoms. The number of nitrogens with one attached hydrogen (secondary N) is 1. The summed E-state index contributed by atoms with van der Waals surface area (Å²) in [6.07, 6.45) is 0. The molecule has 0 aliphatic carbocycles. The lowest BCUT2D eigenvalue weighted by molar-refractivity contribution is 0.177. The van der Waals surface area contributed by atoms with E-state index in [9.17, 15) is 5.21 Å². The van der Waals surface area contributed by atoms with Crippen LogP contribution in [-0.2, 0) is 0 Å². The van der Waals surface area contributed by atoms with Crippen molar-refractivity contribution in [2.24, 2.45) is 0 Å². The van der Waals surface area contributed by atoms with Crippen molar-refractivity contribution in [1.29, 1.82) is 5.41 Å². The molecule has 0 amide bonds. The van der Waals surface area contributed by atoms with Gasteiger partial charge in [-0.05, 0) is 7.05 Å². The van der Waals surface area contributed by atoms with E-state index in [1.54, 1.807) is 12.1 Å². The minimum Gasteiger partial charge on any atom is -0.425 e. The Kier molecular flexibility index (Phi) is 2.74. The molecule has 16 heavy (non-hydrogen) atoms. The van der Waals surface area contributed by atoms with Crippen LogP contribution in [0.2, 0.25) is 0 Å². The highest BCUT2D eigenvalue weighted by molar-refractivity contribution is 5.52. The molecule has 2 rings (SSSR count). The molecule has 0 radical (unpaired) electrons. The maximum atomic E-state index is 9.35. The summed E-state index contributed by atoms with van der Waals surface area (Å²) in [5.41, 5.74) is 6.52. The summed E-state index contributed by atoms with van der Waals surface area (Å²) < 4.78 is 0.680. The largest absolute Gasteiger partial charge is 0.425 e. The Morgan fingerprint density at radius 3 is 2.44 bits per heavy atom. The number of aromatic nitrogens is 1. The number of hydrogen-bond acceptors (Lipinski definition) is 5. The fourth-order valence-electron chi connectivity index (χ4n) is 1.84. The smallest absolute Gasteiger partial charge is 0.165 e. The van der Waals surface area contributed by atoms with E-state index in [1.165, 1.54) is 0 Å². The van der Waals surface area contributed by atoms with Crippen LogP contribution in [0.25, 0.3) is 0 Å². The van der Waals surface area contributed by atoms with Gasteiger partial charge in [-0.15, -0.1) is 0 Å². The molecule has 1 saturated heterocycles. The predicted molar refractivity (Wildman–Crippen MR) is 61.6 cm³/mol. The fourth-order valence-corrected chi connectivity index (χ4v) is 1.84. The van der Waals surface area contributed by atoms with E-state index in [2.05, 4.69) is 16.8 Å². The molecule has 1 aromatic heterocycles. The maximum Gasteiger partial charge on any atom is 0.165 e. The quantitative estimate of drug-likeness (QED) is 0.563. The van der Waals surface area contributed by atoms with E-state index in [1.807, 2.05) is 0 Å². The minimum atomic E-state index is 0.00827. The van der Waals surface area contributed by atoms with Crippen molar-refractivity contribution in [2.75, 3.05) is 43.9 Å². The van der Waals surface area contributed by atoms with Crippen molar-refractivity contribution >= 4 is 11.5 Å². The van der Waals surface area contributed by atoms with E-state index in [-0.39, 0.29) is 11.3 Å². The van der Waals surface area contributed by atoms with Crippen molar-refractivity contribution in [3.05, 3.63) is 17.6 Å². The first-order valence-corrected chi connectivity index (χ1v) is 5.28. The Morgan fingerprint density at radius 2 is 1.88 bits per heavy atom. The third kappa shape index (κ3) is 1.96. The summed E-state index contributed by atoms with van der Waals surface area (Å²) in [4.78, 5) is 4.44. The highest BCUT2D eigenvalue weighted by Gasteiger charge is 2.15. The third-order valence-corrected chi connectivity index (χ3v) is 2.92. The van der Waals surface area contributed by atoms with Crippen LogP contribution >= 0.6 is 0 Å². The standard InChI is InChI=1S/C10H17N5O/c1-13-2-4-14(5-3-13)8-6-9(11)15(16)10(12)7-8/h6-7,11,16H,2-5,12H2,1H3. The van der Waals surface area contributed by atoms with E-state index >= 15 is 0 Å². The van der Waals surface area contributed by atoms with Gasteiger partial charge in [0.05, 0.1) is 0 Å². The average molecular weight is 223 g/mol. The minimum absolute atomic E-state index is 0.00827. The van der Waals surface area contributed by atoms with Gasteiger partial charge in [0.1, 0.15) is 5.82 Å². The van der Waals surface area contributed by atoms with Gasteiger partial charge in [-0.1, -0.05) is 0 Å². The van der Waals surface area contributed by atoms with Crippen molar-refractivity contribution in [1.82, 2.24) is 9.63 Å². The van der Waals surface area contributed by atoms with Crippen LogP contribution in [0.3, 0.4) is 0 Å². The molecule has 0 saturated carbocycles. The average Bonchev–Trinajstić information content (AvgIpc) is 2.26. The predicted octanol–water partition coefficient (Wildman–Crippen LogP) is -0.461. The molecular weight excluding hydrogens is 206 g/mol. The molecule has 1 aliphatic heterocycles. The number of nitrogens with two attached hydrogens (primary N) is 1. The Hall–Kier alpha value is -1.69. The van der Waals surface area contributed by atoms with Gasteiger partial charge in [-0.2, -0.15) is 4.73 Å². The molecule has 1 fully saturated rings. The van der Waals surface area contributed by atoms with E-state index < -0.39 is 0 Å². The van der Waals surface area contributed by atoms with Gasteiger partial charge >= 0.3 is 0 Å². The maximum absolute atomic E-state index is 9.35. The van der Waals surface area contributed by atoms with Crippen molar-refractivity contribution in [3.8, 4) is 0 Å². The van der Waals surface area contributed by atoms with Crippen molar-refractivity contribution < 1.29 is 5.21 Å². The SMILES string of the molecule is CN1CCN(c2cc(N)n(O)c(=N)c2)CC1. The molecule has 0 unspecified atom stereocenters. The lowest BCUT2D eigenvalue weighted by atomic mass is 10.2. The summed E-state index contributed by atoms with van der Waals surface area (Å²) in [5.74, 6) is 0.196. The molecule has 88 valence electrons. The van der Waals surface area contributed by atoms with Crippen molar-refractivity contribution in [3.63, 3.8) is 0 Å². The molecule has 1 aliphatic rings. The number of nitrogens with zero attached hydrogens (tertiary/aromatic N) is 3. The first kappa shape index (κ1) is 10.8. The second kappa shape index (κ2) is 4.05. The zero-order valence-electron chi connectivity index (χ0n) is 9.35. The lowest BCUT2D eigenvalue weighted by Gasteiger charge is -2.34. The Labute approximate surface area is 94.0 Å². The molecule has 4 N–H and O–H groups in total. The lowest BCUT2D eigenvalue weighted by Crippen LogP contribution is -2.45.